The van der Waals surface area contributed by atoms with E-state index in [4.69, 9.17) is 25.6 Å². The molecule has 1 saturated heterocycles. The zero-order valence-corrected chi connectivity index (χ0v) is 18.2. The minimum atomic E-state index is -0.437. The molecule has 0 N–H and O–H groups in total. The number of aryl methyl sites for hydroxylation is 1. The number of ether oxygens (including phenoxy) is 2. The van der Waals surface area contributed by atoms with Crippen LogP contribution in [0.25, 0.3) is 0 Å². The first-order chi connectivity index (χ1) is 14.5. The average Bonchev–Trinajstić information content (AvgIpc) is 3.33. The van der Waals surface area contributed by atoms with Gasteiger partial charge in [0.2, 0.25) is 0 Å². The number of amides is 1. The average molecular weight is 434 g/mol. The molecule has 8 heteroatoms. The van der Waals surface area contributed by atoms with Gasteiger partial charge in [-0.05, 0) is 74.5 Å². The van der Waals surface area contributed by atoms with Gasteiger partial charge in [-0.15, -0.1) is 0 Å². The summed E-state index contributed by atoms with van der Waals surface area (Å²) in [4.78, 5) is 16.1. The molecule has 0 radical (unpaired) electrons. The zero-order chi connectivity index (χ0) is 21.1. The third-order valence-electron chi connectivity index (χ3n) is 5.75. The van der Waals surface area contributed by atoms with Gasteiger partial charge in [-0.25, -0.2) is 4.79 Å². The second-order valence-corrected chi connectivity index (χ2v) is 8.75. The van der Waals surface area contributed by atoms with Crippen molar-refractivity contribution in [1.29, 1.82) is 0 Å². The summed E-state index contributed by atoms with van der Waals surface area (Å²) >= 11 is 6.48. The van der Waals surface area contributed by atoms with Gasteiger partial charge in [0.1, 0.15) is 11.5 Å². The standard InChI is InChI=1S/C22H28ClN3O4/c1-15-9-21(24-30-15)29-22(27)25(2)13-16-10-19(11-16)28-18-6-5-17(20(23)12-18)14-26-7-3-4-8-26/h5-6,9,12,16,19H,3-4,7-8,10-11,13-14H2,1-2H3. The summed E-state index contributed by atoms with van der Waals surface area (Å²) in [6, 6.07) is 7.58. The van der Waals surface area contributed by atoms with Crippen molar-refractivity contribution < 1.29 is 18.8 Å². The van der Waals surface area contributed by atoms with Crippen molar-refractivity contribution in [3.8, 4) is 11.6 Å². The molecule has 2 aromatic rings. The van der Waals surface area contributed by atoms with Gasteiger partial charge < -0.3 is 18.9 Å². The lowest BCUT2D eigenvalue weighted by Crippen LogP contribution is -2.42. The molecule has 1 amide bonds. The van der Waals surface area contributed by atoms with Gasteiger partial charge in [0.05, 0.1) is 6.10 Å². The number of benzene rings is 1. The molecule has 7 nitrogen and oxygen atoms in total. The Morgan fingerprint density at radius 3 is 2.73 bits per heavy atom. The molecule has 1 aliphatic carbocycles. The molecular weight excluding hydrogens is 406 g/mol. The molecule has 0 bridgehead atoms. The molecule has 0 spiro atoms. The highest BCUT2D eigenvalue weighted by atomic mass is 35.5. The Morgan fingerprint density at radius 2 is 2.07 bits per heavy atom. The number of aromatic nitrogens is 1. The van der Waals surface area contributed by atoms with Crippen molar-refractivity contribution in [2.45, 2.75) is 45.3 Å². The number of hydrogen-bond acceptors (Lipinski definition) is 6. The van der Waals surface area contributed by atoms with E-state index in [1.54, 1.807) is 24.9 Å². The zero-order valence-electron chi connectivity index (χ0n) is 17.5. The SMILES string of the molecule is Cc1cc(OC(=O)N(C)CC2CC(Oc3ccc(CN4CCCC4)c(Cl)c3)C2)no1. The molecule has 0 unspecified atom stereocenters. The van der Waals surface area contributed by atoms with E-state index in [1.165, 1.54) is 12.8 Å². The lowest BCUT2D eigenvalue weighted by atomic mass is 9.82. The van der Waals surface area contributed by atoms with Gasteiger partial charge in [-0.2, -0.15) is 0 Å². The number of halogens is 1. The first-order valence-corrected chi connectivity index (χ1v) is 10.9. The quantitative estimate of drug-likeness (QED) is 0.639. The van der Waals surface area contributed by atoms with Crippen LogP contribution in [0.1, 0.15) is 37.0 Å². The van der Waals surface area contributed by atoms with Gasteiger partial charge in [0, 0.05) is 31.2 Å². The van der Waals surface area contributed by atoms with E-state index in [-0.39, 0.29) is 12.0 Å². The number of hydrogen-bond donors (Lipinski definition) is 0. The van der Waals surface area contributed by atoms with Crippen LogP contribution < -0.4 is 9.47 Å². The van der Waals surface area contributed by atoms with Crippen LogP contribution in [0.2, 0.25) is 5.02 Å². The van der Waals surface area contributed by atoms with Gasteiger partial charge in [0.15, 0.2) is 0 Å². The molecule has 2 aliphatic rings. The van der Waals surface area contributed by atoms with E-state index >= 15 is 0 Å². The highest BCUT2D eigenvalue weighted by molar-refractivity contribution is 6.31. The molecule has 1 aromatic carbocycles. The Kier molecular flexibility index (Phi) is 6.49. The summed E-state index contributed by atoms with van der Waals surface area (Å²) in [5.74, 6) is 1.98. The molecule has 1 saturated carbocycles. The molecule has 30 heavy (non-hydrogen) atoms. The second kappa shape index (κ2) is 9.27. The Balaban J connectivity index is 1.20. The molecule has 4 rings (SSSR count). The van der Waals surface area contributed by atoms with Crippen molar-refractivity contribution in [2.75, 3.05) is 26.7 Å². The predicted octanol–water partition coefficient (Wildman–Crippen LogP) is 4.52. The lowest BCUT2D eigenvalue weighted by molar-refractivity contribution is 0.0481. The van der Waals surface area contributed by atoms with E-state index < -0.39 is 6.09 Å². The molecule has 1 aliphatic heterocycles. The fourth-order valence-corrected chi connectivity index (χ4v) is 4.27. The van der Waals surface area contributed by atoms with E-state index in [0.717, 1.165) is 48.8 Å². The molecule has 2 fully saturated rings. The Hall–Kier alpha value is -2.25. The van der Waals surface area contributed by atoms with Crippen LogP contribution in [0, 0.1) is 12.8 Å². The largest absolute Gasteiger partial charge is 0.490 e. The molecule has 162 valence electrons. The topological polar surface area (TPSA) is 68.0 Å². The van der Waals surface area contributed by atoms with Crippen molar-refractivity contribution in [2.24, 2.45) is 5.92 Å². The third-order valence-corrected chi connectivity index (χ3v) is 6.11. The van der Waals surface area contributed by atoms with Crippen LogP contribution in [-0.4, -0.2) is 53.8 Å². The number of carbonyl (C=O) groups excluding carboxylic acids is 1. The Bertz CT molecular complexity index is 875. The summed E-state index contributed by atoms with van der Waals surface area (Å²) < 4.78 is 16.2. The minimum absolute atomic E-state index is 0.151. The Labute approximate surface area is 181 Å². The van der Waals surface area contributed by atoms with E-state index in [9.17, 15) is 4.79 Å². The lowest BCUT2D eigenvalue weighted by Gasteiger charge is -2.37. The summed E-state index contributed by atoms with van der Waals surface area (Å²) in [5.41, 5.74) is 1.15. The molecule has 0 atom stereocenters. The van der Waals surface area contributed by atoms with Gasteiger partial charge in [0.25, 0.3) is 5.88 Å². The van der Waals surface area contributed by atoms with Crippen LogP contribution in [0.4, 0.5) is 4.79 Å². The van der Waals surface area contributed by atoms with E-state index in [0.29, 0.717) is 18.2 Å². The smallest absolute Gasteiger partial charge is 0.416 e. The minimum Gasteiger partial charge on any atom is -0.490 e. The van der Waals surface area contributed by atoms with Crippen molar-refractivity contribution >= 4 is 17.7 Å². The summed E-state index contributed by atoms with van der Waals surface area (Å²) in [6.45, 7) is 5.57. The summed E-state index contributed by atoms with van der Waals surface area (Å²) in [7, 11) is 1.72. The maximum Gasteiger partial charge on any atom is 0.416 e. The van der Waals surface area contributed by atoms with Crippen LogP contribution in [0.5, 0.6) is 11.6 Å². The monoisotopic (exact) mass is 433 g/mol. The maximum atomic E-state index is 12.1. The van der Waals surface area contributed by atoms with Crippen LogP contribution in [-0.2, 0) is 6.54 Å². The van der Waals surface area contributed by atoms with Crippen LogP contribution in [0.3, 0.4) is 0 Å². The molecular formula is C22H28ClN3O4. The number of likely N-dealkylation sites (tertiary alicyclic amines) is 1. The third kappa shape index (κ3) is 5.26. The predicted molar refractivity (Wildman–Crippen MR) is 113 cm³/mol. The first-order valence-electron chi connectivity index (χ1n) is 10.5. The fraction of sp³-hybridized carbons (Fsp3) is 0.545. The van der Waals surface area contributed by atoms with Gasteiger partial charge in [-0.3, -0.25) is 4.90 Å². The highest BCUT2D eigenvalue weighted by Crippen LogP contribution is 2.33. The maximum absolute atomic E-state index is 12.1. The van der Waals surface area contributed by atoms with Crippen molar-refractivity contribution in [3.63, 3.8) is 0 Å². The number of carbonyl (C=O) groups is 1. The highest BCUT2D eigenvalue weighted by Gasteiger charge is 2.33. The molecule has 2 heterocycles. The van der Waals surface area contributed by atoms with Gasteiger partial charge in [-0.1, -0.05) is 17.7 Å². The Morgan fingerprint density at radius 1 is 1.30 bits per heavy atom. The van der Waals surface area contributed by atoms with Gasteiger partial charge >= 0.3 is 6.09 Å². The second-order valence-electron chi connectivity index (χ2n) is 8.34. The van der Waals surface area contributed by atoms with E-state index in [1.807, 2.05) is 12.1 Å². The van der Waals surface area contributed by atoms with Crippen LogP contribution in [0.15, 0.2) is 28.8 Å². The first kappa shape index (κ1) is 21.0. The van der Waals surface area contributed by atoms with Crippen molar-refractivity contribution in [1.82, 2.24) is 15.0 Å². The summed E-state index contributed by atoms with van der Waals surface area (Å²) in [6.07, 6.45) is 4.05. The van der Waals surface area contributed by atoms with Crippen molar-refractivity contribution in [3.05, 3.63) is 40.6 Å². The molecule has 1 aromatic heterocycles. The normalized spacial score (nSPS) is 21.3. The summed E-state index contributed by atoms with van der Waals surface area (Å²) in [5, 5.41) is 4.44. The number of rotatable bonds is 7. The van der Waals surface area contributed by atoms with E-state index in [2.05, 4.69) is 16.1 Å². The fourth-order valence-electron chi connectivity index (χ4n) is 4.04. The number of nitrogens with zero attached hydrogens (tertiary/aromatic N) is 3. The van der Waals surface area contributed by atoms with Crippen LogP contribution >= 0.6 is 11.6 Å².